The van der Waals surface area contributed by atoms with Gasteiger partial charge in [0.2, 0.25) is 0 Å². The van der Waals surface area contributed by atoms with Gasteiger partial charge in [0.05, 0.1) is 5.60 Å². The van der Waals surface area contributed by atoms with Crippen molar-refractivity contribution in [1.29, 1.82) is 0 Å². The van der Waals surface area contributed by atoms with Crippen LogP contribution in [0.4, 0.5) is 0 Å². The highest BCUT2D eigenvalue weighted by Gasteiger charge is 2.72. The second-order valence-corrected chi connectivity index (χ2v) is 12.4. The number of hydrogen-bond donors (Lipinski definition) is 1. The fourth-order valence-corrected chi connectivity index (χ4v) is 10.9. The molecule has 1 N–H and O–H groups in total. The summed E-state index contributed by atoms with van der Waals surface area (Å²) in [6.45, 7) is 0. The highest BCUT2D eigenvalue weighted by atomic mass is 16.3. The average molecular weight is 377 g/mol. The van der Waals surface area contributed by atoms with Crippen molar-refractivity contribution >= 4 is 0 Å². The van der Waals surface area contributed by atoms with E-state index < -0.39 is 5.60 Å². The van der Waals surface area contributed by atoms with Crippen LogP contribution in [0, 0.1) is 46.3 Å². The zero-order valence-corrected chi connectivity index (χ0v) is 17.3. The van der Waals surface area contributed by atoms with E-state index in [-0.39, 0.29) is 10.8 Å². The van der Waals surface area contributed by atoms with Gasteiger partial charge in [-0.1, -0.05) is 30.3 Å². The molecule has 1 nitrogen and oxygen atoms in total. The van der Waals surface area contributed by atoms with Crippen LogP contribution in [0.1, 0.15) is 76.2 Å². The van der Waals surface area contributed by atoms with Crippen molar-refractivity contribution in [3.63, 3.8) is 0 Å². The Hall–Kier alpha value is -0.820. The van der Waals surface area contributed by atoms with E-state index in [4.69, 9.17) is 0 Å². The van der Waals surface area contributed by atoms with E-state index in [0.29, 0.717) is 0 Å². The number of aliphatic hydroxyl groups is 1. The third-order valence-corrected chi connectivity index (χ3v) is 11.0. The molecule has 8 aliphatic rings. The van der Waals surface area contributed by atoms with Crippen LogP contribution in [-0.2, 0) is 6.42 Å². The summed E-state index contributed by atoms with van der Waals surface area (Å²) in [5.74, 6) is 5.42. The molecule has 8 aliphatic carbocycles. The molecule has 0 heterocycles. The molecule has 0 amide bonds. The molecule has 28 heavy (non-hydrogen) atoms. The molecule has 1 aromatic carbocycles. The van der Waals surface area contributed by atoms with Crippen molar-refractivity contribution in [2.75, 3.05) is 0 Å². The third kappa shape index (κ3) is 2.03. The van der Waals surface area contributed by atoms with Gasteiger partial charge in [0.15, 0.2) is 0 Å². The Balaban J connectivity index is 1.37. The first kappa shape index (κ1) is 16.9. The van der Waals surface area contributed by atoms with Gasteiger partial charge in [-0.15, -0.1) is 0 Å². The van der Waals surface area contributed by atoms with E-state index in [1.165, 1.54) is 76.2 Å². The molecular weight excluding hydrogens is 340 g/mol. The van der Waals surface area contributed by atoms with Crippen LogP contribution in [-0.4, -0.2) is 10.7 Å². The predicted octanol–water partition coefficient (Wildman–Crippen LogP) is 6.00. The SMILES string of the molecule is OC(Cc1ccccc1)(C12CC3CC(CC(C3)C1)C2)C12C[C@@H]3CC1C[C@@H](C3)C2. The van der Waals surface area contributed by atoms with Crippen LogP contribution in [0.25, 0.3) is 0 Å². The molecule has 150 valence electrons. The first-order valence-electron chi connectivity index (χ1n) is 12.3. The van der Waals surface area contributed by atoms with Crippen LogP contribution in [0.2, 0.25) is 0 Å². The van der Waals surface area contributed by atoms with Gasteiger partial charge < -0.3 is 5.11 Å². The van der Waals surface area contributed by atoms with Crippen LogP contribution in [0.3, 0.4) is 0 Å². The molecule has 5 atom stereocenters. The van der Waals surface area contributed by atoms with Gasteiger partial charge in [0.25, 0.3) is 0 Å². The Morgan fingerprint density at radius 3 is 1.75 bits per heavy atom. The molecule has 8 bridgehead atoms. The maximum atomic E-state index is 13.1. The van der Waals surface area contributed by atoms with Crippen molar-refractivity contribution in [3.05, 3.63) is 35.9 Å². The van der Waals surface area contributed by atoms with Crippen LogP contribution in [0.5, 0.6) is 0 Å². The fourth-order valence-electron chi connectivity index (χ4n) is 10.9. The van der Waals surface area contributed by atoms with Crippen molar-refractivity contribution in [1.82, 2.24) is 0 Å². The van der Waals surface area contributed by atoms with Gasteiger partial charge >= 0.3 is 0 Å². The molecule has 0 aromatic heterocycles. The van der Waals surface area contributed by atoms with Crippen LogP contribution >= 0.6 is 0 Å². The molecule has 0 spiro atoms. The lowest BCUT2D eigenvalue weighted by atomic mass is 9.40. The lowest BCUT2D eigenvalue weighted by molar-refractivity contribution is -0.241. The Morgan fingerprint density at radius 1 is 0.714 bits per heavy atom. The smallest absolute Gasteiger partial charge is 0.0802 e. The van der Waals surface area contributed by atoms with Gasteiger partial charge in [-0.25, -0.2) is 0 Å². The number of hydrogen-bond acceptors (Lipinski definition) is 1. The highest BCUT2D eigenvalue weighted by molar-refractivity contribution is 5.27. The van der Waals surface area contributed by atoms with Crippen LogP contribution < -0.4 is 0 Å². The second-order valence-electron chi connectivity index (χ2n) is 12.4. The number of benzene rings is 1. The zero-order chi connectivity index (χ0) is 18.6. The van der Waals surface area contributed by atoms with Gasteiger partial charge in [-0.3, -0.25) is 0 Å². The maximum absolute atomic E-state index is 13.1. The second kappa shape index (κ2) is 5.45. The minimum atomic E-state index is -0.466. The Bertz CT molecular complexity index is 731. The molecule has 8 saturated carbocycles. The summed E-state index contributed by atoms with van der Waals surface area (Å²) < 4.78 is 0. The molecule has 9 rings (SSSR count). The normalized spacial score (nSPS) is 52.3. The maximum Gasteiger partial charge on any atom is 0.0802 e. The fraction of sp³-hybridized carbons (Fsp3) is 0.778. The van der Waals surface area contributed by atoms with Crippen LogP contribution in [0.15, 0.2) is 30.3 Å². The lowest BCUT2D eigenvalue weighted by Crippen LogP contribution is -2.66. The monoisotopic (exact) mass is 376 g/mol. The Labute approximate surface area is 170 Å². The van der Waals surface area contributed by atoms with Crippen molar-refractivity contribution in [2.24, 2.45) is 46.3 Å². The van der Waals surface area contributed by atoms with Gasteiger partial charge in [0.1, 0.15) is 0 Å². The van der Waals surface area contributed by atoms with Crippen molar-refractivity contribution in [3.8, 4) is 0 Å². The summed E-state index contributed by atoms with van der Waals surface area (Å²) in [6, 6.07) is 11.1. The molecule has 0 radical (unpaired) electrons. The molecule has 3 unspecified atom stereocenters. The summed E-state index contributed by atoms with van der Waals surface area (Å²) >= 11 is 0. The summed E-state index contributed by atoms with van der Waals surface area (Å²) in [5, 5.41) is 13.1. The van der Waals surface area contributed by atoms with E-state index in [2.05, 4.69) is 30.3 Å². The van der Waals surface area contributed by atoms with E-state index >= 15 is 0 Å². The topological polar surface area (TPSA) is 20.2 Å². The third-order valence-electron chi connectivity index (χ3n) is 11.0. The van der Waals surface area contributed by atoms with E-state index in [0.717, 1.165) is 41.9 Å². The van der Waals surface area contributed by atoms with Crippen molar-refractivity contribution < 1.29 is 5.11 Å². The minimum absolute atomic E-state index is 0.219. The average Bonchev–Trinajstić information content (AvgIpc) is 3.07. The molecular formula is C27H36O. The van der Waals surface area contributed by atoms with Gasteiger partial charge in [-0.2, -0.15) is 0 Å². The van der Waals surface area contributed by atoms with Gasteiger partial charge in [0, 0.05) is 17.3 Å². The van der Waals surface area contributed by atoms with E-state index in [1.807, 2.05) is 0 Å². The summed E-state index contributed by atoms with van der Waals surface area (Å²) in [6.07, 6.45) is 16.4. The molecule has 8 fully saturated rings. The van der Waals surface area contributed by atoms with E-state index in [9.17, 15) is 5.11 Å². The number of rotatable bonds is 4. The quantitative estimate of drug-likeness (QED) is 0.683. The molecule has 0 aliphatic heterocycles. The van der Waals surface area contributed by atoms with E-state index in [1.54, 1.807) is 0 Å². The molecule has 1 heteroatoms. The predicted molar refractivity (Wildman–Crippen MR) is 112 cm³/mol. The zero-order valence-electron chi connectivity index (χ0n) is 17.3. The lowest BCUT2D eigenvalue weighted by Gasteiger charge is -2.67. The minimum Gasteiger partial charge on any atom is -0.388 e. The first-order valence-corrected chi connectivity index (χ1v) is 12.3. The molecule has 0 saturated heterocycles. The summed E-state index contributed by atoms with van der Waals surface area (Å²) in [4.78, 5) is 0. The largest absolute Gasteiger partial charge is 0.388 e. The standard InChI is InChI=1S/C27H36O/c28-27(17-18-4-2-1-3-5-18,26-15-22-9-23(16-26)11-24(26)10-22)25-12-19-6-20(13-25)8-21(7-19)14-25/h1-5,19-24,28H,6-17H2/t19?,20?,21?,22-,23+,24?,25?,26?,27?. The first-order chi connectivity index (χ1) is 13.6. The Morgan fingerprint density at radius 2 is 1.21 bits per heavy atom. The summed E-state index contributed by atoms with van der Waals surface area (Å²) in [5.41, 5.74) is 1.38. The molecule has 1 aromatic rings. The Kier molecular flexibility index (Phi) is 3.29. The van der Waals surface area contributed by atoms with Crippen molar-refractivity contribution in [2.45, 2.75) is 82.7 Å². The van der Waals surface area contributed by atoms with Gasteiger partial charge in [-0.05, 0) is 112 Å². The highest BCUT2D eigenvalue weighted by Crippen LogP contribution is 2.76. The summed E-state index contributed by atoms with van der Waals surface area (Å²) in [7, 11) is 0.